The van der Waals surface area contributed by atoms with Gasteiger partial charge in [0, 0.05) is 20.1 Å². The number of benzene rings is 1. The van der Waals surface area contributed by atoms with Crippen LogP contribution in [0.25, 0.3) is 0 Å². The lowest BCUT2D eigenvalue weighted by Gasteiger charge is -2.21. The molecule has 0 saturated heterocycles. The molecule has 1 heterocycles. The van der Waals surface area contributed by atoms with Gasteiger partial charge in [-0.05, 0) is 26.3 Å². The number of aromatic nitrogens is 2. The molecule has 0 bridgehead atoms. The second kappa shape index (κ2) is 5.34. The minimum absolute atomic E-state index is 0.775. The van der Waals surface area contributed by atoms with Crippen molar-refractivity contribution in [3.8, 4) is 0 Å². The molecule has 0 amide bonds. The highest BCUT2D eigenvalue weighted by molar-refractivity contribution is 5.66. The van der Waals surface area contributed by atoms with Crippen molar-refractivity contribution >= 4 is 11.5 Å². The van der Waals surface area contributed by atoms with E-state index in [1.807, 2.05) is 11.6 Å². The summed E-state index contributed by atoms with van der Waals surface area (Å²) in [6.45, 7) is 7.78. The van der Waals surface area contributed by atoms with Crippen LogP contribution in [0.4, 0.5) is 11.5 Å². The van der Waals surface area contributed by atoms with E-state index in [-0.39, 0.29) is 0 Å². The fourth-order valence-corrected chi connectivity index (χ4v) is 2.25. The molecular weight excluding hydrogens is 236 g/mol. The van der Waals surface area contributed by atoms with Crippen LogP contribution in [0.15, 0.2) is 24.3 Å². The topological polar surface area (TPSA) is 47.1 Å². The lowest BCUT2D eigenvalue weighted by Crippen LogP contribution is -2.21. The lowest BCUT2D eigenvalue weighted by molar-refractivity contribution is 0.640. The maximum atomic E-state index is 6.13. The number of anilines is 2. The number of hydrogen-bond donors (Lipinski definition) is 1. The van der Waals surface area contributed by atoms with Gasteiger partial charge < -0.3 is 10.6 Å². The van der Waals surface area contributed by atoms with Gasteiger partial charge in [0.05, 0.1) is 11.4 Å². The molecule has 0 fully saturated rings. The van der Waals surface area contributed by atoms with Crippen molar-refractivity contribution in [1.29, 1.82) is 0 Å². The highest BCUT2D eigenvalue weighted by atomic mass is 15.4. The largest absolute Gasteiger partial charge is 0.394 e. The van der Waals surface area contributed by atoms with Crippen LogP contribution < -0.4 is 10.6 Å². The number of nitrogens with two attached hydrogens (primary N) is 1. The minimum atomic E-state index is 0.775. The SMILES string of the molecule is CCn1nc(C)c(N)c1N(C)Cc1ccc(C)cc1. The molecule has 2 N–H and O–H groups in total. The van der Waals surface area contributed by atoms with Gasteiger partial charge in [-0.25, -0.2) is 4.68 Å². The molecular formula is C15H22N4. The molecule has 0 atom stereocenters. The first-order valence-corrected chi connectivity index (χ1v) is 6.62. The van der Waals surface area contributed by atoms with Gasteiger partial charge in [0.15, 0.2) is 5.82 Å². The van der Waals surface area contributed by atoms with Crippen LogP contribution in [0.1, 0.15) is 23.7 Å². The molecule has 19 heavy (non-hydrogen) atoms. The maximum absolute atomic E-state index is 6.13. The summed E-state index contributed by atoms with van der Waals surface area (Å²) in [5.41, 5.74) is 10.4. The molecule has 2 aromatic rings. The van der Waals surface area contributed by atoms with E-state index in [1.54, 1.807) is 0 Å². The molecule has 1 aromatic heterocycles. The number of rotatable bonds is 4. The van der Waals surface area contributed by atoms with Crippen LogP contribution in [-0.4, -0.2) is 16.8 Å². The number of aryl methyl sites for hydroxylation is 3. The summed E-state index contributed by atoms with van der Waals surface area (Å²) in [6.07, 6.45) is 0. The minimum Gasteiger partial charge on any atom is -0.394 e. The van der Waals surface area contributed by atoms with E-state index in [2.05, 4.69) is 55.2 Å². The van der Waals surface area contributed by atoms with Crippen LogP contribution in [0, 0.1) is 13.8 Å². The molecule has 0 aliphatic heterocycles. The van der Waals surface area contributed by atoms with E-state index >= 15 is 0 Å². The van der Waals surface area contributed by atoms with E-state index in [0.29, 0.717) is 0 Å². The van der Waals surface area contributed by atoms with Crippen LogP contribution in [0.3, 0.4) is 0 Å². The van der Waals surface area contributed by atoms with Gasteiger partial charge in [0.2, 0.25) is 0 Å². The zero-order chi connectivity index (χ0) is 14.0. The van der Waals surface area contributed by atoms with Gasteiger partial charge in [0.1, 0.15) is 0 Å². The highest BCUT2D eigenvalue weighted by Crippen LogP contribution is 2.26. The third kappa shape index (κ3) is 2.72. The third-order valence-corrected chi connectivity index (χ3v) is 3.35. The second-order valence-electron chi connectivity index (χ2n) is 4.98. The van der Waals surface area contributed by atoms with E-state index in [0.717, 1.165) is 30.3 Å². The van der Waals surface area contributed by atoms with Gasteiger partial charge in [-0.2, -0.15) is 5.10 Å². The van der Waals surface area contributed by atoms with Crippen LogP contribution >= 0.6 is 0 Å². The summed E-state index contributed by atoms with van der Waals surface area (Å²) in [4.78, 5) is 2.16. The summed E-state index contributed by atoms with van der Waals surface area (Å²) in [5, 5.41) is 4.46. The quantitative estimate of drug-likeness (QED) is 0.917. The van der Waals surface area contributed by atoms with Gasteiger partial charge in [0.25, 0.3) is 0 Å². The molecule has 1 aromatic carbocycles. The van der Waals surface area contributed by atoms with E-state index < -0.39 is 0 Å². The van der Waals surface area contributed by atoms with Crippen molar-refractivity contribution in [2.75, 3.05) is 17.7 Å². The zero-order valence-corrected chi connectivity index (χ0v) is 12.1. The first kappa shape index (κ1) is 13.5. The van der Waals surface area contributed by atoms with Crippen molar-refractivity contribution in [2.24, 2.45) is 0 Å². The first-order chi connectivity index (χ1) is 9.02. The van der Waals surface area contributed by atoms with E-state index in [9.17, 15) is 0 Å². The summed E-state index contributed by atoms with van der Waals surface area (Å²) >= 11 is 0. The number of hydrogen-bond acceptors (Lipinski definition) is 3. The van der Waals surface area contributed by atoms with Crippen molar-refractivity contribution in [3.63, 3.8) is 0 Å². The standard InChI is InChI=1S/C15H22N4/c1-5-19-15(14(16)12(3)17-19)18(4)10-13-8-6-11(2)7-9-13/h6-9H,5,10,16H2,1-4H3. The fraction of sp³-hybridized carbons (Fsp3) is 0.400. The van der Waals surface area contributed by atoms with Gasteiger partial charge in [-0.1, -0.05) is 29.8 Å². The summed E-state index contributed by atoms with van der Waals surface area (Å²) in [5.74, 6) is 1.00. The van der Waals surface area contributed by atoms with Gasteiger partial charge in [-0.3, -0.25) is 0 Å². The smallest absolute Gasteiger partial charge is 0.150 e. The molecule has 4 heteroatoms. The Morgan fingerprint density at radius 1 is 1.21 bits per heavy atom. The Morgan fingerprint density at radius 2 is 1.84 bits per heavy atom. The molecule has 102 valence electrons. The Balaban J connectivity index is 2.24. The number of nitrogen functional groups attached to an aromatic ring is 1. The highest BCUT2D eigenvalue weighted by Gasteiger charge is 2.15. The molecule has 0 aliphatic rings. The molecule has 4 nitrogen and oxygen atoms in total. The zero-order valence-electron chi connectivity index (χ0n) is 12.1. The normalized spacial score (nSPS) is 10.7. The van der Waals surface area contributed by atoms with Crippen LogP contribution in [0.2, 0.25) is 0 Å². The average molecular weight is 258 g/mol. The van der Waals surface area contributed by atoms with Crippen molar-refractivity contribution < 1.29 is 0 Å². The molecule has 2 rings (SSSR count). The van der Waals surface area contributed by atoms with Crippen molar-refractivity contribution in [1.82, 2.24) is 9.78 Å². The Bertz CT molecular complexity index is 554. The molecule has 0 unspecified atom stereocenters. The van der Waals surface area contributed by atoms with Crippen molar-refractivity contribution in [3.05, 3.63) is 41.1 Å². The molecule has 0 aliphatic carbocycles. The fourth-order valence-electron chi connectivity index (χ4n) is 2.25. The van der Waals surface area contributed by atoms with Gasteiger partial charge in [-0.15, -0.1) is 0 Å². The summed E-state index contributed by atoms with van der Waals surface area (Å²) < 4.78 is 1.96. The average Bonchev–Trinajstić information content (AvgIpc) is 2.68. The first-order valence-electron chi connectivity index (χ1n) is 6.62. The van der Waals surface area contributed by atoms with Gasteiger partial charge >= 0.3 is 0 Å². The Labute approximate surface area is 114 Å². The summed E-state index contributed by atoms with van der Waals surface area (Å²) in [7, 11) is 2.05. The predicted octanol–water partition coefficient (Wildman–Crippen LogP) is 2.74. The number of nitrogens with zero attached hydrogens (tertiary/aromatic N) is 3. The van der Waals surface area contributed by atoms with Crippen LogP contribution in [0.5, 0.6) is 0 Å². The summed E-state index contributed by atoms with van der Waals surface area (Å²) in [6, 6.07) is 8.58. The Kier molecular flexibility index (Phi) is 3.79. The monoisotopic (exact) mass is 258 g/mol. The Morgan fingerprint density at radius 3 is 2.42 bits per heavy atom. The molecule has 0 radical (unpaired) electrons. The Hall–Kier alpha value is -1.97. The third-order valence-electron chi connectivity index (χ3n) is 3.35. The van der Waals surface area contributed by atoms with E-state index in [4.69, 9.17) is 5.73 Å². The maximum Gasteiger partial charge on any atom is 0.150 e. The van der Waals surface area contributed by atoms with Crippen LogP contribution in [-0.2, 0) is 13.1 Å². The van der Waals surface area contributed by atoms with Crippen molar-refractivity contribution in [2.45, 2.75) is 33.9 Å². The molecule has 0 spiro atoms. The predicted molar refractivity (Wildman–Crippen MR) is 80.3 cm³/mol. The lowest BCUT2D eigenvalue weighted by atomic mass is 10.1. The molecule has 0 saturated carbocycles. The van der Waals surface area contributed by atoms with E-state index in [1.165, 1.54) is 11.1 Å². The second-order valence-corrected chi connectivity index (χ2v) is 4.98.